The van der Waals surface area contributed by atoms with Gasteiger partial charge >= 0.3 is 0 Å². The van der Waals surface area contributed by atoms with Crippen LogP contribution in [-0.4, -0.2) is 19.3 Å². The first-order valence-corrected chi connectivity index (χ1v) is 3.13. The third-order valence-electron chi connectivity index (χ3n) is 1.38. The average molecular weight is 166 g/mol. The first-order chi connectivity index (χ1) is 4.22. The molecule has 0 heterocycles. The number of rotatable bonds is 4. The van der Waals surface area contributed by atoms with Crippen LogP contribution in [0.4, 0.5) is 0 Å². The lowest BCUT2D eigenvalue weighted by atomic mass is 10.0. The monoisotopic (exact) mass is 166 g/mol. The fourth-order valence-corrected chi connectivity index (χ4v) is 0.682. The lowest BCUT2D eigenvalue weighted by Crippen LogP contribution is -2.43. The number of nitrogens with two attached hydrogens (primary N) is 4. The summed E-state index contributed by atoms with van der Waals surface area (Å²) in [4.78, 5) is 0. The van der Waals surface area contributed by atoms with E-state index in [4.69, 9.17) is 22.9 Å². The van der Waals surface area contributed by atoms with Crippen molar-refractivity contribution in [3.8, 4) is 0 Å². The van der Waals surface area contributed by atoms with E-state index in [2.05, 4.69) is 0 Å². The minimum Gasteiger partial charge on any atom is -0.344 e. The Balaban J connectivity index is -0.000000320. The highest BCUT2D eigenvalue weighted by Crippen LogP contribution is 1.98. The van der Waals surface area contributed by atoms with Crippen LogP contribution in [0, 0.1) is 5.92 Å². The molecule has 0 saturated heterocycles. The third-order valence-corrected chi connectivity index (χ3v) is 1.38. The Kier molecular flexibility index (Phi) is 15.1. The molecule has 0 aliphatic carbocycles. The lowest BCUT2D eigenvalue weighted by Gasteiger charge is -2.16. The van der Waals surface area contributed by atoms with Crippen molar-refractivity contribution >= 4 is 0 Å². The molecule has 0 amide bonds. The van der Waals surface area contributed by atoms with Crippen LogP contribution >= 0.6 is 0 Å². The highest BCUT2D eigenvalue weighted by molar-refractivity contribution is 4.67. The summed E-state index contributed by atoms with van der Waals surface area (Å²) in [5.74, 6) is 0.176. The van der Waals surface area contributed by atoms with E-state index >= 15 is 0 Å². The summed E-state index contributed by atoms with van der Waals surface area (Å²) in [6, 6.07) is 0. The molecule has 0 saturated carbocycles. The van der Waals surface area contributed by atoms with E-state index in [0.717, 1.165) is 6.42 Å². The van der Waals surface area contributed by atoms with E-state index in [-0.39, 0.29) is 24.4 Å². The first kappa shape index (κ1) is 17.0. The molecule has 72 valence electrons. The molecule has 0 radical (unpaired) electrons. The fraction of sp³-hybridized carbons (Fsp3) is 1.00. The molecule has 6 heteroatoms. The van der Waals surface area contributed by atoms with Crippen molar-refractivity contribution in [2.75, 3.05) is 13.1 Å². The van der Waals surface area contributed by atoms with E-state index in [1.54, 1.807) is 0 Å². The molecule has 11 heavy (non-hydrogen) atoms. The van der Waals surface area contributed by atoms with Crippen LogP contribution in [0.2, 0.25) is 0 Å². The average Bonchev–Trinajstić information content (AvgIpc) is 1.82. The van der Waals surface area contributed by atoms with Crippen LogP contribution in [0.1, 0.15) is 6.42 Å². The molecular formula is C5H22N6. The van der Waals surface area contributed by atoms with Gasteiger partial charge in [0.05, 0.1) is 6.17 Å². The van der Waals surface area contributed by atoms with Gasteiger partial charge in [0, 0.05) is 5.92 Å². The standard InChI is InChI=1S/C5H16N4.2H3N/c6-2-1-4(3-7)5(8)9;;/h4-5H,1-3,6-9H2;2*1H3. The van der Waals surface area contributed by atoms with Gasteiger partial charge in [0.15, 0.2) is 0 Å². The molecule has 0 aliphatic rings. The molecule has 0 aliphatic heterocycles. The molecule has 0 aromatic heterocycles. The highest BCUT2D eigenvalue weighted by atomic mass is 14.9. The first-order valence-electron chi connectivity index (χ1n) is 3.13. The summed E-state index contributed by atoms with van der Waals surface area (Å²) in [5, 5.41) is 0. The van der Waals surface area contributed by atoms with E-state index in [1.165, 1.54) is 0 Å². The van der Waals surface area contributed by atoms with Crippen molar-refractivity contribution in [1.82, 2.24) is 12.3 Å². The molecule has 0 rings (SSSR count). The Morgan fingerprint density at radius 3 is 1.55 bits per heavy atom. The largest absolute Gasteiger partial charge is 0.344 e. The van der Waals surface area contributed by atoms with Crippen molar-refractivity contribution in [1.29, 1.82) is 0 Å². The van der Waals surface area contributed by atoms with Crippen molar-refractivity contribution in [3.05, 3.63) is 0 Å². The van der Waals surface area contributed by atoms with Gasteiger partial charge in [-0.15, -0.1) is 0 Å². The van der Waals surface area contributed by atoms with Crippen LogP contribution in [0.15, 0.2) is 0 Å². The Hall–Kier alpha value is -0.240. The van der Waals surface area contributed by atoms with E-state index in [1.807, 2.05) is 0 Å². The number of hydrogen-bond donors (Lipinski definition) is 6. The van der Waals surface area contributed by atoms with Gasteiger partial charge < -0.3 is 35.2 Å². The van der Waals surface area contributed by atoms with Gasteiger partial charge in [-0.2, -0.15) is 0 Å². The predicted octanol–water partition coefficient (Wildman–Crippen LogP) is -1.52. The Bertz CT molecular complexity index is 66.0. The van der Waals surface area contributed by atoms with E-state index in [9.17, 15) is 0 Å². The van der Waals surface area contributed by atoms with Gasteiger partial charge in [-0.3, -0.25) is 0 Å². The summed E-state index contributed by atoms with van der Waals surface area (Å²) < 4.78 is 0. The SMILES string of the molecule is N.N.NCCC(CN)C(N)N. The lowest BCUT2D eigenvalue weighted by molar-refractivity contribution is 0.415. The molecule has 0 spiro atoms. The van der Waals surface area contributed by atoms with Gasteiger partial charge in [0.2, 0.25) is 0 Å². The second kappa shape index (κ2) is 9.76. The zero-order chi connectivity index (χ0) is 7.28. The van der Waals surface area contributed by atoms with Gasteiger partial charge in [-0.1, -0.05) is 0 Å². The number of hydrogen-bond acceptors (Lipinski definition) is 6. The van der Waals surface area contributed by atoms with Crippen molar-refractivity contribution < 1.29 is 0 Å². The fourth-order valence-electron chi connectivity index (χ4n) is 0.682. The van der Waals surface area contributed by atoms with E-state index in [0.29, 0.717) is 13.1 Å². The van der Waals surface area contributed by atoms with Crippen LogP contribution in [-0.2, 0) is 0 Å². The van der Waals surface area contributed by atoms with Crippen LogP contribution in [0.25, 0.3) is 0 Å². The maximum absolute atomic E-state index is 5.38. The Morgan fingerprint density at radius 1 is 1.00 bits per heavy atom. The summed E-state index contributed by atoms with van der Waals surface area (Å²) in [6.45, 7) is 1.13. The predicted molar refractivity (Wildman–Crippen MR) is 48.4 cm³/mol. The second-order valence-electron chi connectivity index (χ2n) is 2.15. The van der Waals surface area contributed by atoms with Gasteiger partial charge in [-0.05, 0) is 19.5 Å². The van der Waals surface area contributed by atoms with Gasteiger partial charge in [0.25, 0.3) is 0 Å². The molecule has 0 aromatic carbocycles. The molecular weight excluding hydrogens is 144 g/mol. The third kappa shape index (κ3) is 7.66. The Labute approximate surface area is 67.8 Å². The summed E-state index contributed by atoms with van der Waals surface area (Å²) in [6.07, 6.45) is 0.493. The van der Waals surface area contributed by atoms with Crippen molar-refractivity contribution in [2.24, 2.45) is 28.9 Å². The smallest absolute Gasteiger partial charge is 0.0562 e. The zero-order valence-corrected chi connectivity index (χ0v) is 7.00. The minimum absolute atomic E-state index is 0. The molecule has 14 N–H and O–H groups in total. The van der Waals surface area contributed by atoms with Gasteiger partial charge in [0.1, 0.15) is 0 Å². The summed E-state index contributed by atoms with van der Waals surface area (Å²) in [7, 11) is 0. The van der Waals surface area contributed by atoms with Crippen LogP contribution in [0.3, 0.4) is 0 Å². The normalized spacial score (nSPS) is 11.7. The quantitative estimate of drug-likeness (QED) is 0.276. The molecule has 1 atom stereocenters. The molecule has 1 unspecified atom stereocenters. The maximum atomic E-state index is 5.38. The van der Waals surface area contributed by atoms with Crippen molar-refractivity contribution in [3.63, 3.8) is 0 Å². The second-order valence-corrected chi connectivity index (χ2v) is 2.15. The van der Waals surface area contributed by atoms with Gasteiger partial charge in [-0.25, -0.2) is 0 Å². The molecule has 0 bridgehead atoms. The molecule has 0 fully saturated rings. The minimum atomic E-state index is -0.321. The summed E-state index contributed by atoms with van der Waals surface area (Å²) in [5.41, 5.74) is 21.4. The van der Waals surface area contributed by atoms with Crippen molar-refractivity contribution in [2.45, 2.75) is 12.6 Å². The molecule has 6 nitrogen and oxygen atoms in total. The maximum Gasteiger partial charge on any atom is 0.0562 e. The molecule has 0 aromatic rings. The zero-order valence-electron chi connectivity index (χ0n) is 7.00. The topological polar surface area (TPSA) is 174 Å². The van der Waals surface area contributed by atoms with Crippen LogP contribution in [0.5, 0.6) is 0 Å². The van der Waals surface area contributed by atoms with E-state index < -0.39 is 0 Å². The highest BCUT2D eigenvalue weighted by Gasteiger charge is 2.09. The van der Waals surface area contributed by atoms with Crippen LogP contribution < -0.4 is 35.2 Å². The summed E-state index contributed by atoms with van der Waals surface area (Å²) >= 11 is 0. The Morgan fingerprint density at radius 2 is 1.45 bits per heavy atom.